The van der Waals surface area contributed by atoms with E-state index >= 15 is 0 Å². The summed E-state index contributed by atoms with van der Waals surface area (Å²) in [6.07, 6.45) is 2.06. The highest BCUT2D eigenvalue weighted by molar-refractivity contribution is 5.78. The van der Waals surface area contributed by atoms with Crippen LogP contribution in [0.1, 0.15) is 19.5 Å². The number of rotatable bonds is 5. The average Bonchev–Trinajstić information content (AvgIpc) is 2.19. The monoisotopic (exact) mass is 208 g/mol. The normalized spacial score (nSPS) is 14.5. The maximum absolute atomic E-state index is 11.1. The molecule has 1 rings (SSSR count). The molecule has 0 aliphatic carbocycles. The van der Waals surface area contributed by atoms with Gasteiger partial charge in [-0.25, -0.2) is 0 Å². The van der Waals surface area contributed by atoms with Gasteiger partial charge < -0.3 is 10.4 Å². The van der Waals surface area contributed by atoms with Crippen molar-refractivity contribution in [1.29, 1.82) is 0 Å². The van der Waals surface area contributed by atoms with Gasteiger partial charge in [0.1, 0.15) is 5.54 Å². The van der Waals surface area contributed by atoms with Crippen LogP contribution in [0.4, 0.5) is 0 Å². The zero-order chi connectivity index (χ0) is 11.3. The summed E-state index contributed by atoms with van der Waals surface area (Å²) < 4.78 is 0. The maximum atomic E-state index is 11.1. The number of hydrogen-bond acceptors (Lipinski definition) is 3. The highest BCUT2D eigenvalue weighted by atomic mass is 16.4. The summed E-state index contributed by atoms with van der Waals surface area (Å²) in [6, 6.07) is 5.50. The Bertz CT molecular complexity index is 327. The third-order valence-corrected chi connectivity index (χ3v) is 2.30. The van der Waals surface area contributed by atoms with Crippen LogP contribution in [-0.2, 0) is 11.2 Å². The van der Waals surface area contributed by atoms with E-state index in [1.807, 2.05) is 25.1 Å². The molecule has 1 aromatic heterocycles. The van der Waals surface area contributed by atoms with E-state index in [-0.39, 0.29) is 0 Å². The van der Waals surface area contributed by atoms with E-state index in [1.165, 1.54) is 0 Å². The van der Waals surface area contributed by atoms with E-state index in [2.05, 4.69) is 10.3 Å². The molecule has 0 amide bonds. The average molecular weight is 208 g/mol. The van der Waals surface area contributed by atoms with Gasteiger partial charge in [0.15, 0.2) is 0 Å². The molecule has 0 aliphatic rings. The fourth-order valence-corrected chi connectivity index (χ4v) is 1.47. The number of aromatic nitrogens is 1. The summed E-state index contributed by atoms with van der Waals surface area (Å²) in [7, 11) is 0. The first-order chi connectivity index (χ1) is 7.08. The van der Waals surface area contributed by atoms with Crippen LogP contribution >= 0.6 is 0 Å². The van der Waals surface area contributed by atoms with Gasteiger partial charge >= 0.3 is 5.97 Å². The molecule has 0 aromatic carbocycles. The van der Waals surface area contributed by atoms with Crippen LogP contribution in [0.3, 0.4) is 0 Å². The van der Waals surface area contributed by atoms with Crippen molar-refractivity contribution in [1.82, 2.24) is 10.3 Å². The van der Waals surface area contributed by atoms with Gasteiger partial charge in [-0.2, -0.15) is 0 Å². The molecule has 2 N–H and O–H groups in total. The smallest absolute Gasteiger partial charge is 0.324 e. The Morgan fingerprint density at radius 2 is 2.33 bits per heavy atom. The fraction of sp³-hybridized carbons (Fsp3) is 0.455. The number of hydrogen-bond donors (Lipinski definition) is 2. The summed E-state index contributed by atoms with van der Waals surface area (Å²) in [5, 5.41) is 12.1. The molecule has 0 spiro atoms. The van der Waals surface area contributed by atoms with Crippen LogP contribution in [0.5, 0.6) is 0 Å². The molecule has 4 heteroatoms. The van der Waals surface area contributed by atoms with Crippen LogP contribution in [0.2, 0.25) is 0 Å². The number of carboxylic acid groups (broad SMARTS) is 1. The predicted octanol–water partition coefficient (Wildman–Crippen LogP) is 1.08. The number of carbonyl (C=O) groups is 1. The van der Waals surface area contributed by atoms with Gasteiger partial charge in [0.05, 0.1) is 0 Å². The molecule has 0 fully saturated rings. The van der Waals surface area contributed by atoms with Crippen molar-refractivity contribution >= 4 is 5.97 Å². The number of nitrogens with one attached hydrogen (secondary N) is 1. The maximum Gasteiger partial charge on any atom is 0.324 e. The van der Waals surface area contributed by atoms with Crippen molar-refractivity contribution in [2.24, 2.45) is 0 Å². The quantitative estimate of drug-likeness (QED) is 0.760. The zero-order valence-electron chi connectivity index (χ0n) is 9.03. The van der Waals surface area contributed by atoms with Gasteiger partial charge in [-0.1, -0.05) is 13.0 Å². The van der Waals surface area contributed by atoms with Crippen molar-refractivity contribution in [2.75, 3.05) is 6.54 Å². The minimum atomic E-state index is -0.941. The topological polar surface area (TPSA) is 62.2 Å². The Morgan fingerprint density at radius 1 is 1.60 bits per heavy atom. The van der Waals surface area contributed by atoms with Crippen molar-refractivity contribution in [3.8, 4) is 0 Å². The Balaban J connectivity index is 2.80. The zero-order valence-corrected chi connectivity index (χ0v) is 9.03. The van der Waals surface area contributed by atoms with Crippen LogP contribution in [0.25, 0.3) is 0 Å². The molecule has 0 unspecified atom stereocenters. The molecule has 82 valence electrons. The van der Waals surface area contributed by atoms with Gasteiger partial charge in [0.2, 0.25) is 0 Å². The van der Waals surface area contributed by atoms with E-state index < -0.39 is 11.5 Å². The van der Waals surface area contributed by atoms with Crippen molar-refractivity contribution < 1.29 is 9.90 Å². The molecule has 0 bridgehead atoms. The standard InChI is InChI=1S/C11H16N2O2/c1-3-13-11(2,10(14)15)8-9-6-4-5-7-12-9/h4-7,13H,3,8H2,1-2H3,(H,14,15)/t11-/m1/s1. The minimum absolute atomic E-state index is 0.386. The molecule has 4 nitrogen and oxygen atoms in total. The number of likely N-dealkylation sites (N-methyl/N-ethyl adjacent to an activating group) is 1. The summed E-state index contributed by atoms with van der Waals surface area (Å²) in [6.45, 7) is 4.18. The van der Waals surface area contributed by atoms with Crippen LogP contribution in [0.15, 0.2) is 24.4 Å². The summed E-state index contributed by atoms with van der Waals surface area (Å²) in [4.78, 5) is 15.3. The van der Waals surface area contributed by atoms with Crippen LogP contribution in [0, 0.1) is 0 Å². The summed E-state index contributed by atoms with van der Waals surface area (Å²) in [5.74, 6) is -0.852. The predicted molar refractivity (Wildman–Crippen MR) is 57.7 cm³/mol. The highest BCUT2D eigenvalue weighted by Crippen LogP contribution is 2.11. The lowest BCUT2D eigenvalue weighted by Gasteiger charge is -2.25. The van der Waals surface area contributed by atoms with Crippen LogP contribution in [-0.4, -0.2) is 28.1 Å². The molecule has 0 aliphatic heterocycles. The Kier molecular flexibility index (Phi) is 3.80. The molecule has 0 saturated heterocycles. The van der Waals surface area contributed by atoms with E-state index in [1.54, 1.807) is 13.1 Å². The Hall–Kier alpha value is -1.42. The second kappa shape index (κ2) is 4.89. The number of pyridine rings is 1. The summed E-state index contributed by atoms with van der Waals surface area (Å²) >= 11 is 0. The van der Waals surface area contributed by atoms with E-state index in [0.717, 1.165) is 5.69 Å². The SMILES string of the molecule is CCN[C@](C)(Cc1ccccn1)C(=O)O. The molecule has 1 atom stereocenters. The molecular weight excluding hydrogens is 192 g/mol. The lowest BCUT2D eigenvalue weighted by atomic mass is 9.95. The number of carboxylic acids is 1. The molecule has 1 heterocycles. The molecule has 15 heavy (non-hydrogen) atoms. The van der Waals surface area contributed by atoms with Gasteiger partial charge in [0, 0.05) is 18.3 Å². The van der Waals surface area contributed by atoms with Gasteiger partial charge in [-0.05, 0) is 25.6 Å². The van der Waals surface area contributed by atoms with Gasteiger partial charge in [0.25, 0.3) is 0 Å². The van der Waals surface area contributed by atoms with Crippen LogP contribution < -0.4 is 5.32 Å². The third-order valence-electron chi connectivity index (χ3n) is 2.30. The van der Waals surface area contributed by atoms with Crippen molar-refractivity contribution in [3.63, 3.8) is 0 Å². The fourth-order valence-electron chi connectivity index (χ4n) is 1.47. The van der Waals surface area contributed by atoms with Gasteiger partial charge in [-0.15, -0.1) is 0 Å². The summed E-state index contributed by atoms with van der Waals surface area (Å²) in [5.41, 5.74) is -0.160. The number of aliphatic carboxylic acids is 1. The van der Waals surface area contributed by atoms with E-state index in [0.29, 0.717) is 13.0 Å². The third kappa shape index (κ3) is 3.02. The second-order valence-electron chi connectivity index (χ2n) is 3.67. The van der Waals surface area contributed by atoms with E-state index in [9.17, 15) is 4.79 Å². The van der Waals surface area contributed by atoms with E-state index in [4.69, 9.17) is 5.11 Å². The van der Waals surface area contributed by atoms with Gasteiger partial charge in [-0.3, -0.25) is 9.78 Å². The minimum Gasteiger partial charge on any atom is -0.480 e. The molecule has 0 saturated carbocycles. The second-order valence-corrected chi connectivity index (χ2v) is 3.67. The number of nitrogens with zero attached hydrogens (tertiary/aromatic N) is 1. The first-order valence-corrected chi connectivity index (χ1v) is 4.97. The largest absolute Gasteiger partial charge is 0.480 e. The van der Waals surface area contributed by atoms with Crippen molar-refractivity contribution in [2.45, 2.75) is 25.8 Å². The Morgan fingerprint density at radius 3 is 2.80 bits per heavy atom. The molecule has 1 aromatic rings. The van der Waals surface area contributed by atoms with Crippen molar-refractivity contribution in [3.05, 3.63) is 30.1 Å². The first kappa shape index (κ1) is 11.7. The molecular formula is C11H16N2O2. The lowest BCUT2D eigenvalue weighted by molar-refractivity contribution is -0.144. The Labute approximate surface area is 89.3 Å². The highest BCUT2D eigenvalue weighted by Gasteiger charge is 2.32. The lowest BCUT2D eigenvalue weighted by Crippen LogP contribution is -2.51. The molecule has 0 radical (unpaired) electrons. The first-order valence-electron chi connectivity index (χ1n) is 4.97.